The highest BCUT2D eigenvalue weighted by molar-refractivity contribution is 5.92. The van der Waals surface area contributed by atoms with Crippen molar-refractivity contribution >= 4 is 29.2 Å². The summed E-state index contributed by atoms with van der Waals surface area (Å²) in [5, 5.41) is 14.9. The van der Waals surface area contributed by atoms with Gasteiger partial charge in [0.25, 0.3) is 0 Å². The summed E-state index contributed by atoms with van der Waals surface area (Å²) < 4.78 is 8.65. The summed E-state index contributed by atoms with van der Waals surface area (Å²) >= 11 is 0. The molecule has 45 heavy (non-hydrogen) atoms. The smallest absolute Gasteiger partial charge is 0.320 e. The van der Waals surface area contributed by atoms with Crippen LogP contribution in [0.4, 0.5) is 16.6 Å². The first-order valence-electron chi connectivity index (χ1n) is 15.8. The SMILES string of the molecule is CC(=O)c1nc(NC(=O)N[C@H]2CC[C@@H](Oc3ccc4nnc(N5[C@H](C)CCC[C@@H]5C)n4c3)c3ccccc32)cc(C(C)(C)C)n1. The van der Waals surface area contributed by atoms with Crippen LogP contribution in [0.2, 0.25) is 0 Å². The first kappa shape index (κ1) is 30.5. The van der Waals surface area contributed by atoms with Gasteiger partial charge in [0, 0.05) is 30.5 Å². The Morgan fingerprint density at radius 3 is 2.38 bits per heavy atom. The first-order chi connectivity index (χ1) is 21.5. The van der Waals surface area contributed by atoms with E-state index in [2.05, 4.69) is 55.6 Å². The normalized spacial score (nSPS) is 21.7. The number of amides is 2. The van der Waals surface area contributed by atoms with Gasteiger partial charge >= 0.3 is 6.03 Å². The van der Waals surface area contributed by atoms with Gasteiger partial charge in [-0.25, -0.2) is 14.8 Å². The molecule has 11 heteroatoms. The minimum absolute atomic E-state index is 0.0810. The van der Waals surface area contributed by atoms with Gasteiger partial charge in [-0.3, -0.25) is 14.5 Å². The summed E-state index contributed by atoms with van der Waals surface area (Å²) in [4.78, 5) is 36.3. The predicted molar refractivity (Wildman–Crippen MR) is 173 cm³/mol. The maximum Gasteiger partial charge on any atom is 0.320 e. The molecule has 0 unspecified atom stereocenters. The lowest BCUT2D eigenvalue weighted by Gasteiger charge is -2.39. The Bertz CT molecular complexity index is 1720. The summed E-state index contributed by atoms with van der Waals surface area (Å²) in [6.45, 7) is 11.9. The van der Waals surface area contributed by atoms with Crippen molar-refractivity contribution in [1.29, 1.82) is 0 Å². The number of rotatable bonds is 6. The summed E-state index contributed by atoms with van der Waals surface area (Å²) in [5.41, 5.74) is 3.19. The molecular formula is C34H42N8O3. The van der Waals surface area contributed by atoms with E-state index in [4.69, 9.17) is 4.74 Å². The van der Waals surface area contributed by atoms with Crippen LogP contribution in [0.1, 0.15) is 113 Å². The first-order valence-corrected chi connectivity index (χ1v) is 15.8. The summed E-state index contributed by atoms with van der Waals surface area (Å²) in [6.07, 6.45) is 6.71. The quantitative estimate of drug-likeness (QED) is 0.235. The van der Waals surface area contributed by atoms with Crippen LogP contribution in [-0.4, -0.2) is 48.5 Å². The lowest BCUT2D eigenvalue weighted by Crippen LogP contribution is -2.44. The Labute approximate surface area is 263 Å². The molecule has 1 aromatic carbocycles. The van der Waals surface area contributed by atoms with E-state index in [0.717, 1.165) is 41.3 Å². The van der Waals surface area contributed by atoms with Gasteiger partial charge in [0.1, 0.15) is 17.7 Å². The highest BCUT2D eigenvalue weighted by Crippen LogP contribution is 2.39. The van der Waals surface area contributed by atoms with E-state index in [-0.39, 0.29) is 29.2 Å². The molecular weight excluding hydrogens is 568 g/mol. The molecule has 6 rings (SSSR count). The number of nitrogens with one attached hydrogen (secondary N) is 2. The Morgan fingerprint density at radius 1 is 0.933 bits per heavy atom. The van der Waals surface area contributed by atoms with Crippen molar-refractivity contribution in [2.75, 3.05) is 10.2 Å². The maximum atomic E-state index is 13.2. The Hall–Kier alpha value is -4.54. The van der Waals surface area contributed by atoms with Gasteiger partial charge in [0.15, 0.2) is 17.3 Å². The fourth-order valence-electron chi connectivity index (χ4n) is 6.47. The van der Waals surface area contributed by atoms with Gasteiger partial charge in [-0.1, -0.05) is 45.0 Å². The fraction of sp³-hybridized carbons (Fsp3) is 0.471. The van der Waals surface area contributed by atoms with Crippen LogP contribution in [0.15, 0.2) is 48.7 Å². The molecule has 4 atom stereocenters. The van der Waals surface area contributed by atoms with Crippen molar-refractivity contribution in [2.24, 2.45) is 0 Å². The second-order valence-electron chi connectivity index (χ2n) is 13.4. The van der Waals surface area contributed by atoms with Gasteiger partial charge in [-0.2, -0.15) is 0 Å². The zero-order chi connectivity index (χ0) is 31.9. The third-order valence-corrected chi connectivity index (χ3v) is 8.85. The van der Waals surface area contributed by atoms with E-state index in [9.17, 15) is 9.59 Å². The number of pyridine rings is 1. The number of ether oxygens (including phenoxy) is 1. The van der Waals surface area contributed by atoms with Crippen LogP contribution < -0.4 is 20.3 Å². The Morgan fingerprint density at radius 2 is 1.67 bits per heavy atom. The number of hydrogen-bond donors (Lipinski definition) is 2. The molecule has 2 amide bonds. The average molecular weight is 611 g/mol. The Kier molecular flexibility index (Phi) is 8.20. The largest absolute Gasteiger partial charge is 0.484 e. The van der Waals surface area contributed by atoms with E-state index in [1.54, 1.807) is 6.07 Å². The third kappa shape index (κ3) is 6.34. The average Bonchev–Trinajstić information content (AvgIpc) is 3.40. The van der Waals surface area contributed by atoms with Crippen molar-refractivity contribution < 1.29 is 14.3 Å². The number of fused-ring (bicyclic) bond motifs is 2. The summed E-state index contributed by atoms with van der Waals surface area (Å²) in [6, 6.07) is 13.9. The topological polar surface area (TPSA) is 127 Å². The minimum Gasteiger partial charge on any atom is -0.484 e. The molecule has 1 aliphatic carbocycles. The summed E-state index contributed by atoms with van der Waals surface area (Å²) in [7, 11) is 0. The lowest BCUT2D eigenvalue weighted by molar-refractivity contribution is 0.100. The molecule has 4 aromatic rings. The molecule has 0 spiro atoms. The van der Waals surface area contributed by atoms with E-state index in [1.165, 1.54) is 13.3 Å². The molecule has 236 valence electrons. The van der Waals surface area contributed by atoms with Gasteiger partial charge in [-0.05, 0) is 69.2 Å². The molecule has 3 aromatic heterocycles. The van der Waals surface area contributed by atoms with Gasteiger partial charge < -0.3 is 15.0 Å². The number of benzene rings is 1. The number of Topliss-reactive ketones (excluding diaryl/α,β-unsaturated/α-hetero) is 1. The van der Waals surface area contributed by atoms with Crippen LogP contribution in [0.3, 0.4) is 0 Å². The number of nitrogens with zero attached hydrogens (tertiary/aromatic N) is 6. The van der Waals surface area contributed by atoms with Gasteiger partial charge in [0.05, 0.1) is 17.9 Å². The monoisotopic (exact) mass is 610 g/mol. The number of carbonyl (C=O) groups excluding carboxylic acids is 2. The van der Waals surface area contributed by atoms with Crippen LogP contribution in [0, 0.1) is 0 Å². The van der Waals surface area contributed by atoms with Gasteiger partial charge in [-0.15, -0.1) is 10.2 Å². The zero-order valence-electron chi connectivity index (χ0n) is 26.9. The van der Waals surface area contributed by atoms with Crippen molar-refractivity contribution in [2.45, 2.75) is 103 Å². The Balaban J connectivity index is 1.19. The molecule has 0 bridgehead atoms. The fourth-order valence-corrected chi connectivity index (χ4v) is 6.47. The number of anilines is 2. The number of ketones is 1. The molecule has 2 aliphatic rings. The number of urea groups is 1. The molecule has 1 saturated heterocycles. The molecule has 11 nitrogen and oxygen atoms in total. The lowest BCUT2D eigenvalue weighted by atomic mass is 9.85. The van der Waals surface area contributed by atoms with Crippen molar-refractivity contribution in [1.82, 2.24) is 29.9 Å². The zero-order valence-corrected chi connectivity index (χ0v) is 26.9. The van der Waals surface area contributed by atoms with Crippen LogP contribution >= 0.6 is 0 Å². The van der Waals surface area contributed by atoms with Gasteiger partial charge in [0.2, 0.25) is 5.95 Å². The standard InChI is InChI=1S/C34H42N8O3/c1-20-10-9-11-21(2)42(20)33-40-39-30-17-14-23(19-41(30)33)45-27-16-15-26(24-12-7-8-13-25(24)27)35-32(44)38-29-18-28(34(4,5)6)36-31(37-29)22(3)43/h7-8,12-14,17-21,26-27H,9-11,15-16H2,1-6H3,(H2,35,36,37,38,44)/t20-,21+,26-,27+/m0/s1. The molecule has 4 heterocycles. The van der Waals surface area contributed by atoms with E-state index >= 15 is 0 Å². The second-order valence-corrected chi connectivity index (χ2v) is 13.4. The highest BCUT2D eigenvalue weighted by Gasteiger charge is 2.31. The van der Waals surface area contributed by atoms with E-state index in [1.807, 2.05) is 61.7 Å². The maximum absolute atomic E-state index is 13.2. The number of piperidine rings is 1. The molecule has 1 fully saturated rings. The summed E-state index contributed by atoms with van der Waals surface area (Å²) in [5.74, 6) is 1.71. The highest BCUT2D eigenvalue weighted by atomic mass is 16.5. The molecule has 1 aliphatic heterocycles. The van der Waals surface area contributed by atoms with Crippen molar-refractivity contribution in [3.8, 4) is 5.75 Å². The van der Waals surface area contributed by atoms with Crippen LogP contribution in [0.5, 0.6) is 5.75 Å². The van der Waals surface area contributed by atoms with E-state index < -0.39 is 6.03 Å². The van der Waals surface area contributed by atoms with E-state index in [0.29, 0.717) is 36.4 Å². The molecule has 0 saturated carbocycles. The minimum atomic E-state index is -0.394. The molecule has 0 radical (unpaired) electrons. The number of carbonyl (C=O) groups is 2. The predicted octanol–water partition coefficient (Wildman–Crippen LogP) is 6.56. The van der Waals surface area contributed by atoms with Crippen LogP contribution in [-0.2, 0) is 5.41 Å². The van der Waals surface area contributed by atoms with Crippen molar-refractivity contribution in [3.63, 3.8) is 0 Å². The second kappa shape index (κ2) is 12.1. The van der Waals surface area contributed by atoms with Crippen molar-refractivity contribution in [3.05, 3.63) is 71.3 Å². The number of hydrogen-bond acceptors (Lipinski definition) is 8. The third-order valence-electron chi connectivity index (χ3n) is 8.85. The number of aromatic nitrogens is 5. The molecule has 2 N–H and O–H groups in total. The van der Waals surface area contributed by atoms with Crippen LogP contribution in [0.25, 0.3) is 5.65 Å².